The maximum absolute atomic E-state index is 12.7. The van der Waals surface area contributed by atoms with Gasteiger partial charge in [0.2, 0.25) is 5.91 Å². The van der Waals surface area contributed by atoms with Gasteiger partial charge in [-0.3, -0.25) is 9.78 Å². The Morgan fingerprint density at radius 3 is 2.71 bits per heavy atom. The zero-order valence-electron chi connectivity index (χ0n) is 11.9. The van der Waals surface area contributed by atoms with Crippen molar-refractivity contribution in [2.24, 2.45) is 0 Å². The van der Waals surface area contributed by atoms with E-state index in [1.54, 1.807) is 0 Å². The molecule has 1 saturated heterocycles. The van der Waals surface area contributed by atoms with Crippen LogP contribution >= 0.6 is 0 Å². The Kier molecular flexibility index (Phi) is 2.99. The van der Waals surface area contributed by atoms with E-state index in [1.165, 1.54) is 11.1 Å². The fourth-order valence-electron chi connectivity index (χ4n) is 3.50. The van der Waals surface area contributed by atoms with Gasteiger partial charge in [-0.05, 0) is 36.1 Å². The van der Waals surface area contributed by atoms with Crippen LogP contribution in [0, 0.1) is 0 Å². The van der Waals surface area contributed by atoms with E-state index in [1.807, 2.05) is 29.3 Å². The number of pyridine rings is 1. The van der Waals surface area contributed by atoms with Crippen LogP contribution in [0.4, 0.5) is 0 Å². The van der Waals surface area contributed by atoms with Crippen molar-refractivity contribution in [2.45, 2.75) is 24.7 Å². The SMILES string of the molecule is O=C([C@H]1CCc2ccccc21)N1CC(c2ccccn2)C1. The van der Waals surface area contributed by atoms with E-state index in [4.69, 9.17) is 0 Å². The fourth-order valence-corrected chi connectivity index (χ4v) is 3.50. The molecule has 1 aliphatic carbocycles. The summed E-state index contributed by atoms with van der Waals surface area (Å²) in [6, 6.07) is 14.4. The number of nitrogens with zero attached hydrogens (tertiary/aromatic N) is 2. The van der Waals surface area contributed by atoms with E-state index >= 15 is 0 Å². The Morgan fingerprint density at radius 2 is 1.90 bits per heavy atom. The number of benzene rings is 1. The summed E-state index contributed by atoms with van der Waals surface area (Å²) >= 11 is 0. The minimum Gasteiger partial charge on any atom is -0.341 e. The van der Waals surface area contributed by atoms with Gasteiger partial charge in [-0.15, -0.1) is 0 Å². The van der Waals surface area contributed by atoms with E-state index in [9.17, 15) is 4.79 Å². The summed E-state index contributed by atoms with van der Waals surface area (Å²) < 4.78 is 0. The molecule has 0 spiro atoms. The Morgan fingerprint density at radius 1 is 1.10 bits per heavy atom. The number of aryl methyl sites for hydroxylation is 1. The minimum absolute atomic E-state index is 0.0749. The van der Waals surface area contributed by atoms with Crippen molar-refractivity contribution in [3.05, 3.63) is 65.5 Å². The molecular formula is C18H18N2O. The van der Waals surface area contributed by atoms with Crippen LogP contribution in [0.25, 0.3) is 0 Å². The summed E-state index contributed by atoms with van der Waals surface area (Å²) in [6.45, 7) is 1.63. The highest BCUT2D eigenvalue weighted by molar-refractivity contribution is 5.85. The predicted molar refractivity (Wildman–Crippen MR) is 81.1 cm³/mol. The van der Waals surface area contributed by atoms with Crippen LogP contribution in [0.5, 0.6) is 0 Å². The Labute approximate surface area is 124 Å². The standard InChI is InChI=1S/C18H18N2O/c21-18(16-9-8-13-5-1-2-6-15(13)16)20-11-14(12-20)17-7-3-4-10-19-17/h1-7,10,14,16H,8-9,11-12H2/t16-/m0/s1. The molecule has 4 rings (SSSR count). The van der Waals surface area contributed by atoms with Crippen molar-refractivity contribution in [3.8, 4) is 0 Å². The number of hydrogen-bond donors (Lipinski definition) is 0. The lowest BCUT2D eigenvalue weighted by molar-refractivity contribution is -0.137. The number of aromatic nitrogens is 1. The maximum atomic E-state index is 12.7. The number of hydrogen-bond acceptors (Lipinski definition) is 2. The molecule has 1 aromatic heterocycles. The molecule has 0 bridgehead atoms. The van der Waals surface area contributed by atoms with E-state index < -0.39 is 0 Å². The molecule has 0 N–H and O–H groups in total. The van der Waals surface area contributed by atoms with Gasteiger partial charge in [-0.2, -0.15) is 0 Å². The van der Waals surface area contributed by atoms with E-state index in [0.717, 1.165) is 31.6 Å². The van der Waals surface area contributed by atoms with Crippen LogP contribution in [0.3, 0.4) is 0 Å². The monoisotopic (exact) mass is 278 g/mol. The van der Waals surface area contributed by atoms with Gasteiger partial charge in [0.15, 0.2) is 0 Å². The highest BCUT2D eigenvalue weighted by Crippen LogP contribution is 2.37. The number of carbonyl (C=O) groups excluding carboxylic acids is 1. The number of rotatable bonds is 2. The van der Waals surface area contributed by atoms with Gasteiger partial charge in [0.25, 0.3) is 0 Å². The maximum Gasteiger partial charge on any atom is 0.230 e. The van der Waals surface area contributed by atoms with Crippen molar-refractivity contribution in [1.82, 2.24) is 9.88 Å². The molecular weight excluding hydrogens is 260 g/mol. The molecule has 3 nitrogen and oxygen atoms in total. The van der Waals surface area contributed by atoms with E-state index in [2.05, 4.69) is 29.2 Å². The number of fused-ring (bicyclic) bond motifs is 1. The number of amides is 1. The lowest BCUT2D eigenvalue weighted by Crippen LogP contribution is -2.50. The average Bonchev–Trinajstić information content (AvgIpc) is 2.90. The van der Waals surface area contributed by atoms with Gasteiger partial charge in [-0.25, -0.2) is 0 Å². The Balaban J connectivity index is 1.45. The van der Waals surface area contributed by atoms with Gasteiger partial charge < -0.3 is 4.90 Å². The Bertz CT molecular complexity index is 662. The van der Waals surface area contributed by atoms with Crippen molar-refractivity contribution < 1.29 is 4.79 Å². The van der Waals surface area contributed by atoms with Crippen molar-refractivity contribution >= 4 is 5.91 Å². The van der Waals surface area contributed by atoms with Crippen LogP contribution in [0.1, 0.15) is 35.1 Å². The highest BCUT2D eigenvalue weighted by atomic mass is 16.2. The second-order valence-electron chi connectivity index (χ2n) is 5.98. The van der Waals surface area contributed by atoms with Crippen molar-refractivity contribution in [3.63, 3.8) is 0 Å². The minimum atomic E-state index is 0.0749. The fraction of sp³-hybridized carbons (Fsp3) is 0.333. The molecule has 21 heavy (non-hydrogen) atoms. The second-order valence-corrected chi connectivity index (χ2v) is 5.98. The first kappa shape index (κ1) is 12.6. The van der Waals surface area contributed by atoms with Crippen LogP contribution in [0.15, 0.2) is 48.7 Å². The first-order valence-electron chi connectivity index (χ1n) is 7.60. The summed E-state index contributed by atoms with van der Waals surface area (Å²) in [7, 11) is 0. The quantitative estimate of drug-likeness (QED) is 0.846. The van der Waals surface area contributed by atoms with Crippen LogP contribution in [0.2, 0.25) is 0 Å². The van der Waals surface area contributed by atoms with E-state index in [0.29, 0.717) is 11.8 Å². The second kappa shape index (κ2) is 4.99. The normalized spacial score (nSPS) is 21.0. The summed E-state index contributed by atoms with van der Waals surface area (Å²) in [5.74, 6) is 0.782. The molecule has 0 saturated carbocycles. The third kappa shape index (κ3) is 2.13. The van der Waals surface area contributed by atoms with Gasteiger partial charge in [0.05, 0.1) is 5.92 Å². The molecule has 2 aromatic rings. The topological polar surface area (TPSA) is 33.2 Å². The zero-order valence-corrected chi connectivity index (χ0v) is 11.9. The third-order valence-corrected chi connectivity index (χ3v) is 4.73. The summed E-state index contributed by atoms with van der Waals surface area (Å²) in [5.41, 5.74) is 3.69. The lowest BCUT2D eigenvalue weighted by Gasteiger charge is -2.40. The molecule has 0 radical (unpaired) electrons. The summed E-state index contributed by atoms with van der Waals surface area (Å²) in [6.07, 6.45) is 3.82. The molecule has 106 valence electrons. The van der Waals surface area contributed by atoms with Gasteiger partial charge in [0.1, 0.15) is 0 Å². The van der Waals surface area contributed by atoms with Crippen molar-refractivity contribution in [2.75, 3.05) is 13.1 Å². The number of likely N-dealkylation sites (tertiary alicyclic amines) is 1. The lowest BCUT2D eigenvalue weighted by atomic mass is 9.92. The molecule has 2 heterocycles. The zero-order chi connectivity index (χ0) is 14.2. The molecule has 1 amide bonds. The molecule has 2 aliphatic rings. The third-order valence-electron chi connectivity index (χ3n) is 4.73. The summed E-state index contributed by atoms with van der Waals surface area (Å²) in [5, 5.41) is 0. The average molecular weight is 278 g/mol. The Hall–Kier alpha value is -2.16. The predicted octanol–water partition coefficient (Wildman–Crippen LogP) is 2.74. The van der Waals surface area contributed by atoms with Gasteiger partial charge in [0, 0.05) is 30.9 Å². The van der Waals surface area contributed by atoms with Crippen LogP contribution in [-0.4, -0.2) is 28.9 Å². The smallest absolute Gasteiger partial charge is 0.230 e. The van der Waals surface area contributed by atoms with Gasteiger partial charge >= 0.3 is 0 Å². The van der Waals surface area contributed by atoms with E-state index in [-0.39, 0.29) is 5.92 Å². The van der Waals surface area contributed by atoms with Crippen LogP contribution in [-0.2, 0) is 11.2 Å². The molecule has 3 heteroatoms. The van der Waals surface area contributed by atoms with Crippen LogP contribution < -0.4 is 0 Å². The number of carbonyl (C=O) groups is 1. The summed E-state index contributed by atoms with van der Waals surface area (Å²) in [4.78, 5) is 19.1. The molecule has 0 unspecified atom stereocenters. The molecule has 1 fully saturated rings. The van der Waals surface area contributed by atoms with Crippen molar-refractivity contribution in [1.29, 1.82) is 0 Å². The molecule has 1 aromatic carbocycles. The van der Waals surface area contributed by atoms with Gasteiger partial charge in [-0.1, -0.05) is 30.3 Å². The first-order valence-corrected chi connectivity index (χ1v) is 7.60. The first-order chi connectivity index (χ1) is 10.3. The largest absolute Gasteiger partial charge is 0.341 e. The molecule has 1 atom stereocenters. The highest BCUT2D eigenvalue weighted by Gasteiger charge is 2.38. The molecule has 1 aliphatic heterocycles.